The molecule has 0 saturated heterocycles. The van der Waals surface area contributed by atoms with Gasteiger partial charge in [0.1, 0.15) is 0 Å². The lowest BCUT2D eigenvalue weighted by Gasteiger charge is -2.04. The summed E-state index contributed by atoms with van der Waals surface area (Å²) in [4.78, 5) is 0. The van der Waals surface area contributed by atoms with E-state index in [2.05, 4.69) is 24.1 Å². The molecule has 0 aromatic carbocycles. The van der Waals surface area contributed by atoms with Gasteiger partial charge in [-0.3, -0.25) is 0 Å². The van der Waals surface area contributed by atoms with E-state index in [1.807, 2.05) is 0 Å². The second kappa shape index (κ2) is 2.46. The fraction of sp³-hybridized carbons (Fsp3) is 1.00. The van der Waals surface area contributed by atoms with Crippen LogP contribution >= 0.6 is 0 Å². The van der Waals surface area contributed by atoms with Crippen molar-refractivity contribution >= 4 is 0 Å². The maximum Gasteiger partial charge on any atom is 0.190 e. The molecule has 0 fully saturated rings. The van der Waals surface area contributed by atoms with Gasteiger partial charge >= 0.3 is 0 Å². The van der Waals surface area contributed by atoms with E-state index >= 15 is 0 Å². The topological polar surface area (TPSA) is 24.7 Å². The summed E-state index contributed by atoms with van der Waals surface area (Å²) in [7, 11) is 0. The molecule has 2 nitrogen and oxygen atoms in total. The van der Waals surface area contributed by atoms with Gasteiger partial charge in [-0.25, -0.2) is 0 Å². The van der Waals surface area contributed by atoms with Crippen molar-refractivity contribution in [3.05, 3.63) is 0 Å². The molecule has 0 amide bonds. The molecule has 9 heavy (non-hydrogen) atoms. The third-order valence-electron chi connectivity index (χ3n) is 1.68. The predicted molar refractivity (Wildman–Crippen MR) is 37.4 cm³/mol. The Hall–Kier alpha value is -0.400. The van der Waals surface area contributed by atoms with Crippen molar-refractivity contribution in [3.8, 4) is 0 Å². The van der Waals surface area contributed by atoms with Crippen LogP contribution in [0, 0.1) is 0 Å². The Kier molecular flexibility index (Phi) is 1.84. The highest BCUT2D eigenvalue weighted by Crippen LogP contribution is 2.37. The second-order valence-corrected chi connectivity index (χ2v) is 2.68. The van der Waals surface area contributed by atoms with Crippen LogP contribution in [0.3, 0.4) is 0 Å². The fourth-order valence-electron chi connectivity index (χ4n) is 1.20. The summed E-state index contributed by atoms with van der Waals surface area (Å²) in [5, 5.41) is 8.08. The molecule has 1 rings (SSSR count). The van der Waals surface area contributed by atoms with Crippen LogP contribution in [0.5, 0.6) is 0 Å². The lowest BCUT2D eigenvalue weighted by molar-refractivity contribution is 0.494. The molecule has 0 aromatic heterocycles. The summed E-state index contributed by atoms with van der Waals surface area (Å²) in [6.07, 6.45) is 4.71. The molecular formula is C7H14N2. The van der Waals surface area contributed by atoms with Crippen LogP contribution in [0.4, 0.5) is 0 Å². The summed E-state index contributed by atoms with van der Waals surface area (Å²) in [5.74, 6) is 0. The van der Waals surface area contributed by atoms with Crippen LogP contribution in [0.2, 0.25) is 0 Å². The van der Waals surface area contributed by atoms with Gasteiger partial charge in [0.15, 0.2) is 5.66 Å². The van der Waals surface area contributed by atoms with E-state index in [0.29, 0.717) is 0 Å². The van der Waals surface area contributed by atoms with Crippen LogP contribution in [-0.4, -0.2) is 5.66 Å². The summed E-state index contributed by atoms with van der Waals surface area (Å²) in [6, 6.07) is 0. The first-order valence-electron chi connectivity index (χ1n) is 3.77. The second-order valence-electron chi connectivity index (χ2n) is 2.68. The maximum absolute atomic E-state index is 4.04. The number of hydrogen-bond acceptors (Lipinski definition) is 2. The lowest BCUT2D eigenvalue weighted by atomic mass is 10.0. The summed E-state index contributed by atoms with van der Waals surface area (Å²) >= 11 is 0. The van der Waals surface area contributed by atoms with Crippen molar-refractivity contribution < 1.29 is 0 Å². The zero-order chi connectivity index (χ0) is 6.74. The van der Waals surface area contributed by atoms with Gasteiger partial charge in [0.05, 0.1) is 0 Å². The molecule has 0 N–H and O–H groups in total. The van der Waals surface area contributed by atoms with Gasteiger partial charge in [0.2, 0.25) is 0 Å². The van der Waals surface area contributed by atoms with E-state index in [4.69, 9.17) is 0 Å². The quantitative estimate of drug-likeness (QED) is 0.553. The molecule has 0 aliphatic carbocycles. The normalized spacial score (nSPS) is 20.2. The van der Waals surface area contributed by atoms with E-state index < -0.39 is 0 Å². The van der Waals surface area contributed by atoms with Gasteiger partial charge in [-0.1, -0.05) is 26.7 Å². The summed E-state index contributed by atoms with van der Waals surface area (Å²) in [5.41, 5.74) is 0.101. The largest absolute Gasteiger partial charge is 0.190 e. The highest BCUT2D eigenvalue weighted by molar-refractivity contribution is 4.91. The maximum atomic E-state index is 4.04. The SMILES string of the molecule is CCCC1(CCC)N=N1. The minimum Gasteiger partial charge on any atom is -0.159 e. The third-order valence-corrected chi connectivity index (χ3v) is 1.68. The smallest absolute Gasteiger partial charge is 0.159 e. The molecule has 0 bridgehead atoms. The molecule has 1 heterocycles. The number of rotatable bonds is 4. The predicted octanol–water partition coefficient (Wildman–Crippen LogP) is 2.75. The van der Waals surface area contributed by atoms with Gasteiger partial charge < -0.3 is 0 Å². The molecule has 0 saturated carbocycles. The fourth-order valence-corrected chi connectivity index (χ4v) is 1.20. The van der Waals surface area contributed by atoms with E-state index in [0.717, 1.165) is 12.8 Å². The monoisotopic (exact) mass is 126 g/mol. The lowest BCUT2D eigenvalue weighted by Crippen LogP contribution is -2.08. The zero-order valence-corrected chi connectivity index (χ0v) is 6.22. The van der Waals surface area contributed by atoms with Crippen molar-refractivity contribution in [1.29, 1.82) is 0 Å². The Morgan fingerprint density at radius 1 is 1.00 bits per heavy atom. The van der Waals surface area contributed by atoms with Gasteiger partial charge in [0.25, 0.3) is 0 Å². The molecular weight excluding hydrogens is 112 g/mol. The molecule has 52 valence electrons. The molecule has 0 spiro atoms. The minimum atomic E-state index is 0.101. The Bertz CT molecular complexity index is 104. The van der Waals surface area contributed by atoms with E-state index in [1.54, 1.807) is 0 Å². The van der Waals surface area contributed by atoms with Crippen LogP contribution < -0.4 is 0 Å². The standard InChI is InChI=1S/C7H14N2/c1-3-5-7(6-4-2)8-9-7/h3-6H2,1-2H3. The Balaban J connectivity index is 2.18. The summed E-state index contributed by atoms with van der Waals surface area (Å²) < 4.78 is 0. The summed E-state index contributed by atoms with van der Waals surface area (Å²) in [6.45, 7) is 4.36. The average molecular weight is 126 g/mol. The minimum absolute atomic E-state index is 0.101. The van der Waals surface area contributed by atoms with Crippen molar-refractivity contribution in [2.24, 2.45) is 10.2 Å². The van der Waals surface area contributed by atoms with Crippen LogP contribution in [-0.2, 0) is 0 Å². The Morgan fingerprint density at radius 2 is 1.44 bits per heavy atom. The number of hydrogen-bond donors (Lipinski definition) is 0. The molecule has 0 unspecified atom stereocenters. The highest BCUT2D eigenvalue weighted by atomic mass is 15.4. The van der Waals surface area contributed by atoms with E-state index in [9.17, 15) is 0 Å². The first-order valence-corrected chi connectivity index (χ1v) is 3.77. The van der Waals surface area contributed by atoms with Crippen molar-refractivity contribution in [2.75, 3.05) is 0 Å². The van der Waals surface area contributed by atoms with Crippen LogP contribution in [0.1, 0.15) is 39.5 Å². The van der Waals surface area contributed by atoms with Crippen LogP contribution in [0.15, 0.2) is 10.2 Å². The Morgan fingerprint density at radius 3 is 1.67 bits per heavy atom. The molecule has 0 aromatic rings. The molecule has 2 heteroatoms. The van der Waals surface area contributed by atoms with Crippen LogP contribution in [0.25, 0.3) is 0 Å². The van der Waals surface area contributed by atoms with Gasteiger partial charge in [-0.2, -0.15) is 10.2 Å². The third kappa shape index (κ3) is 1.50. The van der Waals surface area contributed by atoms with Gasteiger partial charge in [-0.05, 0) is 12.8 Å². The average Bonchev–Trinajstić information content (AvgIpc) is 2.51. The number of nitrogens with zero attached hydrogens (tertiary/aromatic N) is 2. The van der Waals surface area contributed by atoms with E-state index in [1.165, 1.54) is 12.8 Å². The van der Waals surface area contributed by atoms with Crippen molar-refractivity contribution in [3.63, 3.8) is 0 Å². The zero-order valence-electron chi connectivity index (χ0n) is 6.22. The molecule has 1 aliphatic heterocycles. The van der Waals surface area contributed by atoms with Crippen molar-refractivity contribution in [1.82, 2.24) is 0 Å². The first-order chi connectivity index (χ1) is 4.33. The highest BCUT2D eigenvalue weighted by Gasteiger charge is 2.37. The van der Waals surface area contributed by atoms with Gasteiger partial charge in [0, 0.05) is 0 Å². The molecule has 0 radical (unpaired) electrons. The molecule has 1 aliphatic rings. The van der Waals surface area contributed by atoms with Gasteiger partial charge in [-0.15, -0.1) is 0 Å². The Labute approximate surface area is 56.4 Å². The molecule has 0 atom stereocenters. The van der Waals surface area contributed by atoms with E-state index in [-0.39, 0.29) is 5.66 Å². The first kappa shape index (κ1) is 6.72. The van der Waals surface area contributed by atoms with Crippen molar-refractivity contribution in [2.45, 2.75) is 45.2 Å².